The lowest BCUT2D eigenvalue weighted by molar-refractivity contribution is 0.187. The third kappa shape index (κ3) is 3.92. The molecule has 0 atom stereocenters. The number of sulfonamides is 1. The molecule has 1 fully saturated rings. The fourth-order valence-corrected chi connectivity index (χ4v) is 4.95. The SMILES string of the molecule is N#CCCCN1CCN(S(=O)(=O)c2c(Cl)cccc2Cl)CC1. The zero-order valence-electron chi connectivity index (χ0n) is 12.0. The first-order valence-electron chi connectivity index (χ1n) is 7.00. The number of hydrogen-bond acceptors (Lipinski definition) is 4. The molecule has 1 aliphatic heterocycles. The van der Waals surface area contributed by atoms with Crippen LogP contribution < -0.4 is 0 Å². The summed E-state index contributed by atoms with van der Waals surface area (Å²) in [6.45, 7) is 2.90. The average Bonchev–Trinajstić information content (AvgIpc) is 2.47. The van der Waals surface area contributed by atoms with E-state index in [1.54, 1.807) is 6.07 Å². The predicted octanol–water partition coefficient (Wildman–Crippen LogP) is 2.60. The molecule has 1 saturated heterocycles. The first-order chi connectivity index (χ1) is 10.5. The van der Waals surface area contributed by atoms with E-state index >= 15 is 0 Å². The Morgan fingerprint density at radius 3 is 2.27 bits per heavy atom. The van der Waals surface area contributed by atoms with Crippen LogP contribution in [0, 0.1) is 11.3 Å². The highest BCUT2D eigenvalue weighted by molar-refractivity contribution is 7.89. The fraction of sp³-hybridized carbons (Fsp3) is 0.500. The highest BCUT2D eigenvalue weighted by atomic mass is 35.5. The second-order valence-electron chi connectivity index (χ2n) is 5.06. The van der Waals surface area contributed by atoms with E-state index in [0.29, 0.717) is 32.6 Å². The van der Waals surface area contributed by atoms with E-state index in [4.69, 9.17) is 28.5 Å². The normalized spacial score (nSPS) is 17.3. The standard InChI is InChI=1S/C14H17Cl2N3O2S/c15-12-4-3-5-13(16)14(12)22(20,21)19-10-8-18(9-11-19)7-2-1-6-17/h3-5H,1-2,7-11H2. The van der Waals surface area contributed by atoms with E-state index in [9.17, 15) is 8.42 Å². The first-order valence-corrected chi connectivity index (χ1v) is 9.20. The van der Waals surface area contributed by atoms with Gasteiger partial charge in [0.1, 0.15) is 4.90 Å². The Labute approximate surface area is 141 Å². The summed E-state index contributed by atoms with van der Waals surface area (Å²) in [6, 6.07) is 6.79. The number of piperazine rings is 1. The minimum atomic E-state index is -3.68. The maximum Gasteiger partial charge on any atom is 0.246 e. The van der Waals surface area contributed by atoms with Crippen LogP contribution in [0.4, 0.5) is 0 Å². The quantitative estimate of drug-likeness (QED) is 0.756. The van der Waals surface area contributed by atoms with Crippen molar-refractivity contribution in [2.75, 3.05) is 32.7 Å². The molecule has 2 rings (SSSR count). The average molecular weight is 362 g/mol. The van der Waals surface area contributed by atoms with Crippen molar-refractivity contribution in [2.24, 2.45) is 0 Å². The molecule has 0 N–H and O–H groups in total. The Kier molecular flexibility index (Phi) is 6.07. The molecule has 0 aliphatic carbocycles. The van der Waals surface area contributed by atoms with Gasteiger partial charge in [-0.2, -0.15) is 9.57 Å². The van der Waals surface area contributed by atoms with Crippen LogP contribution in [-0.4, -0.2) is 50.3 Å². The Balaban J connectivity index is 2.06. The number of nitrogens with zero attached hydrogens (tertiary/aromatic N) is 3. The Morgan fingerprint density at radius 1 is 1.14 bits per heavy atom. The van der Waals surface area contributed by atoms with Gasteiger partial charge in [0.2, 0.25) is 10.0 Å². The Hall–Kier alpha value is -0.840. The lowest BCUT2D eigenvalue weighted by Crippen LogP contribution is -2.48. The molecule has 0 aromatic heterocycles. The molecule has 8 heteroatoms. The summed E-state index contributed by atoms with van der Waals surface area (Å²) in [6.07, 6.45) is 1.33. The number of benzene rings is 1. The molecule has 1 heterocycles. The van der Waals surface area contributed by atoms with Gasteiger partial charge in [-0.15, -0.1) is 0 Å². The van der Waals surface area contributed by atoms with Gasteiger partial charge in [-0.05, 0) is 25.1 Å². The van der Waals surface area contributed by atoms with Crippen LogP contribution in [0.15, 0.2) is 23.1 Å². The number of hydrogen-bond donors (Lipinski definition) is 0. The Morgan fingerprint density at radius 2 is 1.73 bits per heavy atom. The molecule has 120 valence electrons. The highest BCUT2D eigenvalue weighted by Gasteiger charge is 2.31. The van der Waals surface area contributed by atoms with E-state index in [2.05, 4.69) is 11.0 Å². The molecular weight excluding hydrogens is 345 g/mol. The van der Waals surface area contributed by atoms with Crippen LogP contribution in [0.2, 0.25) is 10.0 Å². The lowest BCUT2D eigenvalue weighted by atomic mass is 10.3. The largest absolute Gasteiger partial charge is 0.301 e. The summed E-state index contributed by atoms with van der Waals surface area (Å²) in [7, 11) is -3.68. The number of halogens is 2. The zero-order chi connectivity index (χ0) is 16.2. The van der Waals surface area contributed by atoms with Crippen molar-refractivity contribution in [1.29, 1.82) is 5.26 Å². The van der Waals surface area contributed by atoms with Gasteiger partial charge >= 0.3 is 0 Å². The molecule has 1 aromatic rings. The summed E-state index contributed by atoms with van der Waals surface area (Å²) >= 11 is 12.0. The summed E-state index contributed by atoms with van der Waals surface area (Å²) in [5.41, 5.74) is 0. The monoisotopic (exact) mass is 361 g/mol. The molecular formula is C14H17Cl2N3O2S. The van der Waals surface area contributed by atoms with E-state index < -0.39 is 10.0 Å². The van der Waals surface area contributed by atoms with Gasteiger partial charge < -0.3 is 4.90 Å². The second kappa shape index (κ2) is 7.62. The first kappa shape index (κ1) is 17.5. The smallest absolute Gasteiger partial charge is 0.246 e. The van der Waals surface area contributed by atoms with Gasteiger partial charge in [-0.3, -0.25) is 0 Å². The summed E-state index contributed by atoms with van der Waals surface area (Å²) < 4.78 is 26.8. The van der Waals surface area contributed by atoms with Crippen LogP contribution in [0.1, 0.15) is 12.8 Å². The van der Waals surface area contributed by atoms with Crippen molar-refractivity contribution in [3.63, 3.8) is 0 Å². The molecule has 1 aliphatic rings. The van der Waals surface area contributed by atoms with E-state index in [1.165, 1.54) is 16.4 Å². The van der Waals surface area contributed by atoms with Crippen LogP contribution in [-0.2, 0) is 10.0 Å². The molecule has 1 aromatic carbocycles. The van der Waals surface area contributed by atoms with Crippen molar-refractivity contribution < 1.29 is 8.42 Å². The number of rotatable bonds is 5. The molecule has 0 saturated carbocycles. The molecule has 0 bridgehead atoms. The third-order valence-electron chi connectivity index (χ3n) is 3.61. The third-order valence-corrected chi connectivity index (χ3v) is 6.47. The number of unbranched alkanes of at least 4 members (excludes halogenated alkanes) is 1. The summed E-state index contributed by atoms with van der Waals surface area (Å²) in [5, 5.41) is 8.83. The predicted molar refractivity (Wildman–Crippen MR) is 86.5 cm³/mol. The molecule has 0 radical (unpaired) electrons. The molecule has 22 heavy (non-hydrogen) atoms. The van der Waals surface area contributed by atoms with E-state index in [1.807, 2.05) is 0 Å². The van der Waals surface area contributed by atoms with Gasteiger partial charge in [0, 0.05) is 32.6 Å². The zero-order valence-corrected chi connectivity index (χ0v) is 14.3. The minimum Gasteiger partial charge on any atom is -0.301 e. The molecule has 0 spiro atoms. The van der Waals surface area contributed by atoms with Crippen LogP contribution in [0.25, 0.3) is 0 Å². The van der Waals surface area contributed by atoms with Gasteiger partial charge in [-0.25, -0.2) is 8.42 Å². The van der Waals surface area contributed by atoms with Gasteiger partial charge in [0.25, 0.3) is 0 Å². The maximum atomic E-state index is 12.7. The molecule has 5 nitrogen and oxygen atoms in total. The van der Waals surface area contributed by atoms with E-state index in [-0.39, 0.29) is 14.9 Å². The lowest BCUT2D eigenvalue weighted by Gasteiger charge is -2.34. The fourth-order valence-electron chi connectivity index (χ4n) is 2.43. The molecule has 0 unspecified atom stereocenters. The van der Waals surface area contributed by atoms with Gasteiger partial charge in [0.15, 0.2) is 0 Å². The van der Waals surface area contributed by atoms with Crippen molar-refractivity contribution in [1.82, 2.24) is 9.21 Å². The van der Waals surface area contributed by atoms with Gasteiger partial charge in [-0.1, -0.05) is 29.3 Å². The summed E-state index contributed by atoms with van der Waals surface area (Å²) in [4.78, 5) is 2.15. The van der Waals surface area contributed by atoms with E-state index in [0.717, 1.165) is 13.0 Å². The van der Waals surface area contributed by atoms with Crippen LogP contribution >= 0.6 is 23.2 Å². The van der Waals surface area contributed by atoms with Crippen molar-refractivity contribution in [3.05, 3.63) is 28.2 Å². The van der Waals surface area contributed by atoms with Crippen molar-refractivity contribution in [2.45, 2.75) is 17.7 Å². The molecule has 0 amide bonds. The van der Waals surface area contributed by atoms with Crippen molar-refractivity contribution in [3.8, 4) is 6.07 Å². The van der Waals surface area contributed by atoms with Crippen LogP contribution in [0.5, 0.6) is 0 Å². The minimum absolute atomic E-state index is 0.0173. The van der Waals surface area contributed by atoms with Crippen molar-refractivity contribution >= 4 is 33.2 Å². The maximum absolute atomic E-state index is 12.7. The Bertz CT molecular complexity index is 645. The van der Waals surface area contributed by atoms with Gasteiger partial charge in [0.05, 0.1) is 16.1 Å². The number of nitriles is 1. The second-order valence-corrected chi connectivity index (χ2v) is 7.75. The topological polar surface area (TPSA) is 64.4 Å². The highest BCUT2D eigenvalue weighted by Crippen LogP contribution is 2.31. The van der Waals surface area contributed by atoms with Crippen LogP contribution in [0.3, 0.4) is 0 Å². The summed E-state index contributed by atoms with van der Waals surface area (Å²) in [5.74, 6) is 0.